The molecule has 23 heavy (non-hydrogen) atoms. The van der Waals surface area contributed by atoms with E-state index in [1.54, 1.807) is 0 Å². The molecule has 0 bridgehead atoms. The molecule has 1 aromatic rings. The molecule has 0 aliphatic rings. The Kier molecular flexibility index (Phi) is 6.92. The van der Waals surface area contributed by atoms with Crippen molar-refractivity contribution in [2.24, 2.45) is 0 Å². The standard InChI is InChI=1S/C14H14F5NO3/c1-7(21)20-6-4-2-3-5-8(22)23-14-12(18)10(16)9(15)11(17)13(14)19/h2-6H2,1H3,(H,20,21). The van der Waals surface area contributed by atoms with Crippen molar-refractivity contribution in [3.8, 4) is 5.75 Å². The van der Waals surface area contributed by atoms with Crippen LogP contribution in [0.25, 0.3) is 0 Å². The lowest BCUT2D eigenvalue weighted by Crippen LogP contribution is -2.20. The van der Waals surface area contributed by atoms with Crippen LogP contribution in [0.1, 0.15) is 32.6 Å². The average molecular weight is 339 g/mol. The predicted octanol–water partition coefficient (Wildman–Crippen LogP) is 2.98. The molecule has 0 saturated carbocycles. The fourth-order valence-electron chi connectivity index (χ4n) is 1.67. The van der Waals surface area contributed by atoms with E-state index in [9.17, 15) is 31.5 Å². The van der Waals surface area contributed by atoms with Crippen molar-refractivity contribution in [1.82, 2.24) is 5.32 Å². The first-order valence-corrected chi connectivity index (χ1v) is 6.72. The summed E-state index contributed by atoms with van der Waals surface area (Å²) in [7, 11) is 0. The Balaban J connectivity index is 2.54. The SMILES string of the molecule is CC(=O)NCCCCCC(=O)Oc1c(F)c(F)c(F)c(F)c1F. The topological polar surface area (TPSA) is 55.4 Å². The number of unbranched alkanes of at least 4 members (excludes halogenated alkanes) is 2. The first-order valence-electron chi connectivity index (χ1n) is 6.72. The van der Waals surface area contributed by atoms with Gasteiger partial charge in [-0.2, -0.15) is 8.78 Å². The van der Waals surface area contributed by atoms with Gasteiger partial charge in [0.15, 0.2) is 0 Å². The quantitative estimate of drug-likeness (QED) is 0.207. The zero-order valence-corrected chi connectivity index (χ0v) is 12.2. The first-order chi connectivity index (χ1) is 10.8. The third kappa shape index (κ3) is 5.19. The highest BCUT2D eigenvalue weighted by Gasteiger charge is 2.28. The molecule has 0 unspecified atom stereocenters. The molecule has 0 heterocycles. The number of ether oxygens (including phenoxy) is 1. The largest absolute Gasteiger partial charge is 0.420 e. The summed E-state index contributed by atoms with van der Waals surface area (Å²) in [5.74, 6) is -14.0. The zero-order chi connectivity index (χ0) is 17.6. The van der Waals surface area contributed by atoms with E-state index in [1.807, 2.05) is 0 Å². The fourth-order valence-corrected chi connectivity index (χ4v) is 1.67. The van der Waals surface area contributed by atoms with Crippen LogP contribution in [0.3, 0.4) is 0 Å². The molecule has 9 heteroatoms. The second kappa shape index (κ2) is 8.44. The van der Waals surface area contributed by atoms with Gasteiger partial charge in [-0.25, -0.2) is 13.2 Å². The average Bonchev–Trinajstić information content (AvgIpc) is 2.50. The lowest BCUT2D eigenvalue weighted by Gasteiger charge is -2.08. The van der Waals surface area contributed by atoms with Gasteiger partial charge in [0.05, 0.1) is 0 Å². The van der Waals surface area contributed by atoms with Gasteiger partial charge in [0, 0.05) is 19.9 Å². The van der Waals surface area contributed by atoms with Gasteiger partial charge in [0.1, 0.15) is 0 Å². The Labute approximate surface area is 128 Å². The number of carbonyl (C=O) groups excluding carboxylic acids is 2. The third-order valence-electron chi connectivity index (χ3n) is 2.82. The van der Waals surface area contributed by atoms with E-state index < -0.39 is 40.8 Å². The summed E-state index contributed by atoms with van der Waals surface area (Å²) in [4.78, 5) is 22.0. The van der Waals surface area contributed by atoms with Gasteiger partial charge in [-0.1, -0.05) is 6.42 Å². The highest BCUT2D eigenvalue weighted by Crippen LogP contribution is 2.29. The van der Waals surface area contributed by atoms with Crippen molar-refractivity contribution in [2.75, 3.05) is 6.54 Å². The first kappa shape index (κ1) is 18.9. The smallest absolute Gasteiger partial charge is 0.311 e. The van der Waals surface area contributed by atoms with Crippen LogP contribution in [0.4, 0.5) is 22.0 Å². The molecule has 1 aromatic carbocycles. The molecule has 128 valence electrons. The fraction of sp³-hybridized carbons (Fsp3) is 0.429. The van der Waals surface area contributed by atoms with E-state index in [-0.39, 0.29) is 18.7 Å². The lowest BCUT2D eigenvalue weighted by atomic mass is 10.2. The van der Waals surface area contributed by atoms with Gasteiger partial charge < -0.3 is 10.1 Å². The molecule has 0 atom stereocenters. The van der Waals surface area contributed by atoms with Crippen molar-refractivity contribution in [3.63, 3.8) is 0 Å². The van der Waals surface area contributed by atoms with Crippen LogP contribution < -0.4 is 10.1 Å². The van der Waals surface area contributed by atoms with E-state index >= 15 is 0 Å². The van der Waals surface area contributed by atoms with Gasteiger partial charge in [-0.3, -0.25) is 9.59 Å². The van der Waals surface area contributed by atoms with E-state index in [0.29, 0.717) is 19.4 Å². The Morgan fingerprint density at radius 1 is 0.870 bits per heavy atom. The predicted molar refractivity (Wildman–Crippen MR) is 69.0 cm³/mol. The van der Waals surface area contributed by atoms with E-state index in [1.165, 1.54) is 6.92 Å². The summed E-state index contributed by atoms with van der Waals surface area (Å²) in [6, 6.07) is 0. The van der Waals surface area contributed by atoms with E-state index in [0.717, 1.165) is 0 Å². The number of hydrogen-bond donors (Lipinski definition) is 1. The van der Waals surface area contributed by atoms with Crippen LogP contribution in [-0.2, 0) is 9.59 Å². The minimum absolute atomic E-state index is 0.198. The molecule has 1 N–H and O–H groups in total. The molecule has 0 aliphatic heterocycles. The normalized spacial score (nSPS) is 10.5. The number of amides is 1. The lowest BCUT2D eigenvalue weighted by molar-refractivity contribution is -0.135. The number of benzene rings is 1. The molecule has 0 radical (unpaired) electrons. The maximum atomic E-state index is 13.3. The summed E-state index contributed by atoms with van der Waals surface area (Å²) in [5, 5.41) is 2.53. The Morgan fingerprint density at radius 2 is 1.39 bits per heavy atom. The van der Waals surface area contributed by atoms with Crippen molar-refractivity contribution < 1.29 is 36.3 Å². The van der Waals surface area contributed by atoms with Gasteiger partial charge in [0.25, 0.3) is 0 Å². The van der Waals surface area contributed by atoms with Crippen LogP contribution in [0.2, 0.25) is 0 Å². The Hall–Kier alpha value is -2.19. The number of esters is 1. The highest BCUT2D eigenvalue weighted by atomic mass is 19.2. The van der Waals surface area contributed by atoms with Crippen molar-refractivity contribution in [2.45, 2.75) is 32.6 Å². The second-order valence-electron chi connectivity index (χ2n) is 4.67. The maximum absolute atomic E-state index is 13.3. The zero-order valence-electron chi connectivity index (χ0n) is 12.2. The van der Waals surface area contributed by atoms with Crippen LogP contribution in [0.15, 0.2) is 0 Å². The van der Waals surface area contributed by atoms with Crippen molar-refractivity contribution in [3.05, 3.63) is 29.1 Å². The van der Waals surface area contributed by atoms with Crippen LogP contribution in [0.5, 0.6) is 5.75 Å². The number of nitrogens with one attached hydrogen (secondary N) is 1. The molecule has 0 fully saturated rings. The molecule has 0 spiro atoms. The van der Waals surface area contributed by atoms with Crippen molar-refractivity contribution in [1.29, 1.82) is 0 Å². The molecule has 0 aliphatic carbocycles. The second-order valence-corrected chi connectivity index (χ2v) is 4.67. The molecule has 1 amide bonds. The van der Waals surface area contributed by atoms with Crippen LogP contribution >= 0.6 is 0 Å². The summed E-state index contributed by atoms with van der Waals surface area (Å²) in [5.41, 5.74) is 0. The van der Waals surface area contributed by atoms with Gasteiger partial charge in [-0.05, 0) is 12.8 Å². The maximum Gasteiger partial charge on any atom is 0.311 e. The molecular weight excluding hydrogens is 325 g/mol. The molecule has 0 saturated heterocycles. The summed E-state index contributed by atoms with van der Waals surface area (Å²) < 4.78 is 69.5. The molecule has 4 nitrogen and oxygen atoms in total. The number of rotatable bonds is 7. The minimum Gasteiger partial charge on any atom is -0.420 e. The number of hydrogen-bond acceptors (Lipinski definition) is 3. The molecule has 0 aromatic heterocycles. The monoisotopic (exact) mass is 339 g/mol. The summed E-state index contributed by atoms with van der Waals surface area (Å²) >= 11 is 0. The molecule has 1 rings (SSSR count). The summed E-state index contributed by atoms with van der Waals surface area (Å²) in [6.07, 6.45) is 1.08. The van der Waals surface area contributed by atoms with Crippen molar-refractivity contribution >= 4 is 11.9 Å². The van der Waals surface area contributed by atoms with E-state index in [2.05, 4.69) is 10.1 Å². The highest BCUT2D eigenvalue weighted by molar-refractivity contribution is 5.73. The Morgan fingerprint density at radius 3 is 1.91 bits per heavy atom. The minimum atomic E-state index is -2.32. The van der Waals surface area contributed by atoms with Gasteiger partial charge in [0.2, 0.25) is 40.7 Å². The van der Waals surface area contributed by atoms with Gasteiger partial charge >= 0.3 is 5.97 Å². The number of halogens is 5. The Bertz CT molecular complexity index is 578. The van der Waals surface area contributed by atoms with Crippen LogP contribution in [0, 0.1) is 29.1 Å². The van der Waals surface area contributed by atoms with Crippen LogP contribution in [-0.4, -0.2) is 18.4 Å². The van der Waals surface area contributed by atoms with E-state index in [4.69, 9.17) is 0 Å². The molecular formula is C14H14F5NO3. The number of carbonyl (C=O) groups is 2. The summed E-state index contributed by atoms with van der Waals surface area (Å²) in [6.45, 7) is 1.75. The van der Waals surface area contributed by atoms with Gasteiger partial charge in [-0.15, -0.1) is 0 Å². The third-order valence-corrected chi connectivity index (χ3v) is 2.82.